The molecule has 0 saturated carbocycles. The number of benzene rings is 1. The fourth-order valence-corrected chi connectivity index (χ4v) is 5.04. The third-order valence-corrected chi connectivity index (χ3v) is 7.39. The van der Waals surface area contributed by atoms with Crippen LogP contribution in [0, 0.1) is 18.7 Å². The number of nitrogens with one attached hydrogen (secondary N) is 3. The number of hydrogen-bond acceptors (Lipinski definition) is 8. The standard InChI is InChI=1S/C30H35FN6O3.CH4O/c1-20-27(30(39)35-24-5-6-28(34-18-24)33-17-21-7-11-40-12-8-21)16-25(19-32-20)36-29(38)22-13-23(31)15-26(14-22)37-9-3-2-4-10-37;1-2/h5-6,13-16,18-19,21H,2-4,7-12,17H2,1H3,(H,33,34)(H,35,39)(H,36,38);2H,1H3. The van der Waals surface area contributed by atoms with Crippen LogP contribution in [-0.2, 0) is 4.74 Å². The topological polar surface area (TPSA) is 129 Å². The second-order valence-electron chi connectivity index (χ2n) is 10.4. The zero-order valence-electron chi connectivity index (χ0n) is 24.2. The Balaban J connectivity index is 0.00000198. The summed E-state index contributed by atoms with van der Waals surface area (Å²) >= 11 is 0. The van der Waals surface area contributed by atoms with Crippen molar-refractivity contribution < 1.29 is 23.8 Å². The van der Waals surface area contributed by atoms with Crippen LogP contribution >= 0.6 is 0 Å². The zero-order valence-corrected chi connectivity index (χ0v) is 24.2. The molecular formula is C31H39FN6O4. The first-order valence-electron chi connectivity index (χ1n) is 14.3. The molecule has 2 fully saturated rings. The van der Waals surface area contributed by atoms with Crippen molar-refractivity contribution in [2.24, 2.45) is 5.92 Å². The summed E-state index contributed by atoms with van der Waals surface area (Å²) in [5.74, 6) is 0.00384. The van der Waals surface area contributed by atoms with Crippen molar-refractivity contribution >= 4 is 34.7 Å². The molecule has 2 aliphatic rings. The number of carbonyl (C=O) groups is 2. The zero-order chi connectivity index (χ0) is 29.9. The molecule has 4 N–H and O–H groups in total. The lowest BCUT2D eigenvalue weighted by Crippen LogP contribution is -2.29. The van der Waals surface area contributed by atoms with E-state index >= 15 is 0 Å². The van der Waals surface area contributed by atoms with Crippen molar-refractivity contribution in [3.63, 3.8) is 0 Å². The number of hydrogen-bond donors (Lipinski definition) is 4. The van der Waals surface area contributed by atoms with Crippen molar-refractivity contribution in [1.29, 1.82) is 0 Å². The van der Waals surface area contributed by atoms with Crippen LogP contribution in [0.4, 0.5) is 27.3 Å². The lowest BCUT2D eigenvalue weighted by atomic mass is 10.0. The highest BCUT2D eigenvalue weighted by Gasteiger charge is 2.18. The number of carbonyl (C=O) groups excluding carboxylic acids is 2. The van der Waals surface area contributed by atoms with Gasteiger partial charge in [-0.2, -0.15) is 0 Å². The molecule has 2 saturated heterocycles. The average Bonchev–Trinajstić information content (AvgIpc) is 3.03. The van der Waals surface area contributed by atoms with E-state index in [1.807, 2.05) is 6.07 Å². The number of aromatic nitrogens is 2. The van der Waals surface area contributed by atoms with Gasteiger partial charge in [-0.25, -0.2) is 9.37 Å². The summed E-state index contributed by atoms with van der Waals surface area (Å²) < 4.78 is 19.8. The van der Waals surface area contributed by atoms with Crippen LogP contribution in [-0.4, -0.2) is 66.8 Å². The molecule has 0 unspecified atom stereocenters. The minimum absolute atomic E-state index is 0.212. The van der Waals surface area contributed by atoms with Crippen molar-refractivity contribution in [2.75, 3.05) is 60.8 Å². The SMILES string of the molecule is CO.Cc1ncc(NC(=O)c2cc(F)cc(N3CCCCC3)c2)cc1C(=O)Nc1ccc(NCC2CCOCC2)nc1. The molecule has 1 aromatic carbocycles. The van der Waals surface area contributed by atoms with Crippen LogP contribution in [0.2, 0.25) is 0 Å². The quantitative estimate of drug-likeness (QED) is 0.298. The molecule has 3 aromatic rings. The average molecular weight is 579 g/mol. The molecule has 0 aliphatic carbocycles. The number of aryl methyl sites for hydroxylation is 1. The van der Waals surface area contributed by atoms with Gasteiger partial charge in [0.25, 0.3) is 11.8 Å². The molecule has 10 nitrogen and oxygen atoms in total. The summed E-state index contributed by atoms with van der Waals surface area (Å²) in [6.45, 7) is 5.84. The van der Waals surface area contributed by atoms with Crippen LogP contribution in [0.15, 0.2) is 48.8 Å². The van der Waals surface area contributed by atoms with Crippen LogP contribution in [0.25, 0.3) is 0 Å². The van der Waals surface area contributed by atoms with Crippen LogP contribution < -0.4 is 20.9 Å². The molecule has 0 atom stereocenters. The van der Waals surface area contributed by atoms with E-state index in [4.69, 9.17) is 9.84 Å². The lowest BCUT2D eigenvalue weighted by molar-refractivity contribution is 0.0699. The number of aliphatic hydroxyl groups is 1. The smallest absolute Gasteiger partial charge is 0.257 e. The van der Waals surface area contributed by atoms with E-state index in [0.717, 1.165) is 77.9 Å². The Bertz CT molecular complexity index is 1340. The van der Waals surface area contributed by atoms with Gasteiger partial charge in [-0.1, -0.05) is 0 Å². The summed E-state index contributed by atoms with van der Waals surface area (Å²) in [6.07, 6.45) is 8.41. The number of piperidine rings is 1. The first-order chi connectivity index (χ1) is 20.4. The van der Waals surface area contributed by atoms with Crippen LogP contribution in [0.5, 0.6) is 0 Å². The van der Waals surface area contributed by atoms with E-state index in [9.17, 15) is 14.0 Å². The molecule has 0 spiro atoms. The molecule has 224 valence electrons. The van der Waals surface area contributed by atoms with E-state index in [1.165, 1.54) is 18.3 Å². The number of ether oxygens (including phenoxy) is 1. The fraction of sp³-hybridized carbons (Fsp3) is 0.419. The van der Waals surface area contributed by atoms with Crippen LogP contribution in [0.3, 0.4) is 0 Å². The van der Waals surface area contributed by atoms with Gasteiger partial charge in [0.2, 0.25) is 0 Å². The van der Waals surface area contributed by atoms with Gasteiger partial charge in [0, 0.05) is 51.2 Å². The number of rotatable bonds is 8. The highest BCUT2D eigenvalue weighted by molar-refractivity contribution is 6.08. The maximum atomic E-state index is 14.4. The van der Waals surface area contributed by atoms with Gasteiger partial charge < -0.3 is 30.7 Å². The summed E-state index contributed by atoms with van der Waals surface area (Å²) in [5.41, 5.74) is 2.62. The molecule has 0 bridgehead atoms. The summed E-state index contributed by atoms with van der Waals surface area (Å²) in [4.78, 5) is 36.8. The predicted molar refractivity (Wildman–Crippen MR) is 162 cm³/mol. The van der Waals surface area contributed by atoms with E-state index in [-0.39, 0.29) is 11.5 Å². The molecule has 5 rings (SSSR count). The molecule has 2 aromatic heterocycles. The lowest BCUT2D eigenvalue weighted by Gasteiger charge is -2.29. The molecule has 0 radical (unpaired) electrons. The second kappa shape index (κ2) is 15.2. The van der Waals surface area contributed by atoms with E-state index < -0.39 is 11.7 Å². The molecule has 42 heavy (non-hydrogen) atoms. The first-order valence-corrected chi connectivity index (χ1v) is 14.3. The van der Waals surface area contributed by atoms with Crippen molar-refractivity contribution in [2.45, 2.75) is 39.0 Å². The second-order valence-corrected chi connectivity index (χ2v) is 10.4. The Kier molecular flexibility index (Phi) is 11.2. The first kappa shape index (κ1) is 30.9. The van der Waals surface area contributed by atoms with Gasteiger partial charge in [-0.05, 0) is 81.3 Å². The normalized spacial score (nSPS) is 15.3. The maximum Gasteiger partial charge on any atom is 0.257 e. The Labute approximate surface area is 245 Å². The van der Waals surface area contributed by atoms with Gasteiger partial charge in [0.15, 0.2) is 0 Å². The predicted octanol–water partition coefficient (Wildman–Crippen LogP) is 4.87. The molecular weight excluding hydrogens is 539 g/mol. The van der Waals surface area contributed by atoms with Gasteiger partial charge in [0.05, 0.1) is 35.0 Å². The molecule has 4 heterocycles. The number of pyridine rings is 2. The number of aliphatic hydroxyl groups excluding tert-OH is 1. The number of nitrogens with zero attached hydrogens (tertiary/aromatic N) is 3. The Morgan fingerprint density at radius 2 is 1.67 bits per heavy atom. The van der Waals surface area contributed by atoms with Crippen molar-refractivity contribution in [3.05, 3.63) is 71.4 Å². The van der Waals surface area contributed by atoms with Gasteiger partial charge >= 0.3 is 0 Å². The maximum absolute atomic E-state index is 14.4. The Hall–Kier alpha value is -4.09. The van der Waals surface area contributed by atoms with Crippen molar-refractivity contribution in [3.8, 4) is 0 Å². The monoisotopic (exact) mass is 578 g/mol. The number of amides is 2. The van der Waals surface area contributed by atoms with Crippen LogP contribution in [0.1, 0.15) is 58.5 Å². The summed E-state index contributed by atoms with van der Waals surface area (Å²) in [6, 6.07) is 9.56. The molecule has 2 amide bonds. The Morgan fingerprint density at radius 3 is 2.38 bits per heavy atom. The summed E-state index contributed by atoms with van der Waals surface area (Å²) in [7, 11) is 1.00. The number of anilines is 4. The highest BCUT2D eigenvalue weighted by Crippen LogP contribution is 2.24. The molecule has 2 aliphatic heterocycles. The van der Waals surface area contributed by atoms with E-state index in [0.29, 0.717) is 34.2 Å². The van der Waals surface area contributed by atoms with Gasteiger partial charge in [0.1, 0.15) is 11.6 Å². The van der Waals surface area contributed by atoms with E-state index in [2.05, 4.69) is 30.8 Å². The fourth-order valence-electron chi connectivity index (χ4n) is 5.04. The minimum atomic E-state index is -0.470. The van der Waals surface area contributed by atoms with Crippen molar-refractivity contribution in [1.82, 2.24) is 9.97 Å². The highest BCUT2D eigenvalue weighted by atomic mass is 19.1. The minimum Gasteiger partial charge on any atom is -0.400 e. The summed E-state index contributed by atoms with van der Waals surface area (Å²) in [5, 5.41) is 15.9. The molecule has 11 heteroatoms. The van der Waals surface area contributed by atoms with Gasteiger partial charge in [-0.15, -0.1) is 0 Å². The largest absolute Gasteiger partial charge is 0.400 e. The van der Waals surface area contributed by atoms with Gasteiger partial charge in [-0.3, -0.25) is 14.6 Å². The third-order valence-electron chi connectivity index (χ3n) is 7.39. The van der Waals surface area contributed by atoms with E-state index in [1.54, 1.807) is 31.3 Å². The number of halogens is 1. The third kappa shape index (κ3) is 8.46. The Morgan fingerprint density at radius 1 is 0.952 bits per heavy atom.